The van der Waals surface area contributed by atoms with E-state index >= 15 is 0 Å². The van der Waals surface area contributed by atoms with E-state index in [2.05, 4.69) is 29.6 Å². The van der Waals surface area contributed by atoms with E-state index in [1.165, 1.54) is 11.1 Å². The summed E-state index contributed by atoms with van der Waals surface area (Å²) in [5.41, 5.74) is 4.67. The monoisotopic (exact) mass is 464 g/mol. The van der Waals surface area contributed by atoms with Gasteiger partial charge in [0.25, 0.3) is 0 Å². The van der Waals surface area contributed by atoms with Gasteiger partial charge < -0.3 is 24.8 Å². The van der Waals surface area contributed by atoms with E-state index < -0.39 is 18.0 Å². The molecule has 5 rings (SSSR count). The van der Waals surface area contributed by atoms with Gasteiger partial charge in [0.1, 0.15) is 6.61 Å². The molecule has 0 aromatic heterocycles. The molecule has 8 heteroatoms. The molecule has 1 unspecified atom stereocenters. The maximum Gasteiger partial charge on any atom is 0.407 e. The highest BCUT2D eigenvalue weighted by atomic mass is 16.5. The van der Waals surface area contributed by atoms with Crippen molar-refractivity contribution in [1.29, 1.82) is 0 Å². The Morgan fingerprint density at radius 1 is 1.06 bits per heavy atom. The molecule has 1 aliphatic heterocycles. The number of nitrogens with one attached hydrogen (secondary N) is 1. The summed E-state index contributed by atoms with van der Waals surface area (Å²) < 4.78 is 10.9. The molecule has 1 saturated heterocycles. The minimum atomic E-state index is -0.955. The van der Waals surface area contributed by atoms with Gasteiger partial charge in [-0.1, -0.05) is 48.5 Å². The first-order chi connectivity index (χ1) is 16.5. The van der Waals surface area contributed by atoms with Crippen LogP contribution in [0.5, 0.6) is 0 Å². The molecule has 2 aliphatic carbocycles. The first kappa shape index (κ1) is 22.4. The first-order valence-corrected chi connectivity index (χ1v) is 11.7. The van der Waals surface area contributed by atoms with Gasteiger partial charge in [-0.15, -0.1) is 0 Å². The van der Waals surface area contributed by atoms with Crippen molar-refractivity contribution in [2.75, 3.05) is 39.5 Å². The fourth-order valence-corrected chi connectivity index (χ4v) is 5.03. The molecular weight excluding hydrogens is 436 g/mol. The van der Waals surface area contributed by atoms with Gasteiger partial charge in [-0.2, -0.15) is 0 Å². The number of carboxylic acid groups (broad SMARTS) is 1. The number of benzene rings is 2. The van der Waals surface area contributed by atoms with Gasteiger partial charge in [-0.05, 0) is 34.6 Å². The second kappa shape index (κ2) is 9.46. The minimum Gasteiger partial charge on any atom is -0.481 e. The van der Waals surface area contributed by atoms with Gasteiger partial charge in [0.15, 0.2) is 0 Å². The number of fused-ring (bicyclic) bond motifs is 3. The zero-order valence-corrected chi connectivity index (χ0v) is 18.8. The SMILES string of the molecule is O=C(NC[C@H]1C[C@H]1C(=O)N1CCOCC(C(=O)O)C1)OCC1c2ccccc2-c2ccccc21. The molecule has 178 valence electrons. The fourth-order valence-electron chi connectivity index (χ4n) is 5.03. The van der Waals surface area contributed by atoms with Gasteiger partial charge in [0, 0.05) is 31.5 Å². The van der Waals surface area contributed by atoms with Crippen molar-refractivity contribution in [3.63, 3.8) is 0 Å². The Hall–Kier alpha value is -3.39. The number of carboxylic acids is 1. The summed E-state index contributed by atoms with van der Waals surface area (Å²) in [6.07, 6.45) is 0.187. The van der Waals surface area contributed by atoms with Gasteiger partial charge in [-0.3, -0.25) is 9.59 Å². The summed E-state index contributed by atoms with van der Waals surface area (Å²) in [5, 5.41) is 12.1. The molecule has 3 aliphatic rings. The van der Waals surface area contributed by atoms with Crippen molar-refractivity contribution in [1.82, 2.24) is 10.2 Å². The number of aliphatic carboxylic acids is 1. The smallest absolute Gasteiger partial charge is 0.407 e. The molecule has 34 heavy (non-hydrogen) atoms. The van der Waals surface area contributed by atoms with Gasteiger partial charge >= 0.3 is 12.1 Å². The quantitative estimate of drug-likeness (QED) is 0.681. The van der Waals surface area contributed by atoms with E-state index in [1.807, 2.05) is 24.3 Å². The lowest BCUT2D eigenvalue weighted by molar-refractivity contribution is -0.144. The molecule has 2 N–H and O–H groups in total. The van der Waals surface area contributed by atoms with Crippen molar-refractivity contribution in [2.45, 2.75) is 12.3 Å². The van der Waals surface area contributed by atoms with Gasteiger partial charge in [0.2, 0.25) is 5.91 Å². The van der Waals surface area contributed by atoms with E-state index in [0.29, 0.717) is 26.1 Å². The lowest BCUT2D eigenvalue weighted by atomic mass is 9.98. The van der Waals surface area contributed by atoms with E-state index in [0.717, 1.165) is 11.1 Å². The zero-order valence-electron chi connectivity index (χ0n) is 18.8. The molecule has 2 amide bonds. The van der Waals surface area contributed by atoms with Crippen molar-refractivity contribution < 1.29 is 29.0 Å². The molecule has 0 bridgehead atoms. The van der Waals surface area contributed by atoms with Crippen molar-refractivity contribution in [3.8, 4) is 11.1 Å². The van der Waals surface area contributed by atoms with Crippen molar-refractivity contribution in [3.05, 3.63) is 59.7 Å². The Bertz CT molecular complexity index is 1060. The molecule has 0 spiro atoms. The Kier molecular flexibility index (Phi) is 6.24. The number of rotatable bonds is 6. The highest BCUT2D eigenvalue weighted by Crippen LogP contribution is 2.44. The molecule has 1 saturated carbocycles. The molecule has 2 aromatic carbocycles. The van der Waals surface area contributed by atoms with E-state index in [4.69, 9.17) is 9.47 Å². The van der Waals surface area contributed by atoms with Crippen molar-refractivity contribution in [2.24, 2.45) is 17.8 Å². The average molecular weight is 465 g/mol. The van der Waals surface area contributed by atoms with Crippen molar-refractivity contribution >= 4 is 18.0 Å². The lowest BCUT2D eigenvalue weighted by Gasteiger charge is -2.22. The number of hydrogen-bond donors (Lipinski definition) is 2. The lowest BCUT2D eigenvalue weighted by Crippen LogP contribution is -2.39. The molecule has 1 heterocycles. The molecule has 0 radical (unpaired) electrons. The number of hydrogen-bond acceptors (Lipinski definition) is 5. The Morgan fingerprint density at radius 3 is 2.41 bits per heavy atom. The topological polar surface area (TPSA) is 105 Å². The summed E-state index contributed by atoms with van der Waals surface area (Å²) in [5.74, 6) is -1.87. The van der Waals surface area contributed by atoms with Gasteiger partial charge in [0.05, 0.1) is 19.1 Å². The second-order valence-electron chi connectivity index (χ2n) is 9.20. The third kappa shape index (κ3) is 4.50. The largest absolute Gasteiger partial charge is 0.481 e. The summed E-state index contributed by atoms with van der Waals surface area (Å²) in [7, 11) is 0. The van der Waals surface area contributed by atoms with Crippen LogP contribution in [0, 0.1) is 17.8 Å². The fraction of sp³-hybridized carbons (Fsp3) is 0.423. The van der Waals surface area contributed by atoms with Crippen LogP contribution in [-0.2, 0) is 19.1 Å². The average Bonchev–Trinajstić information content (AvgIpc) is 3.61. The summed E-state index contributed by atoms with van der Waals surface area (Å²) in [4.78, 5) is 38.1. The molecule has 2 aromatic rings. The Morgan fingerprint density at radius 2 is 1.74 bits per heavy atom. The zero-order chi connectivity index (χ0) is 23.7. The standard InChI is InChI=1S/C26H28N2O6/c29-24(28-9-10-33-14-17(13-28)25(30)31)22-11-16(22)12-27-26(32)34-15-23-20-7-3-1-5-18(20)19-6-2-4-8-21(19)23/h1-8,16-17,22-23H,9-15H2,(H,27,32)(H,30,31)/t16-,17?,22-/m1/s1. The third-order valence-electron chi connectivity index (χ3n) is 7.02. The van der Waals surface area contributed by atoms with Gasteiger partial charge in [-0.25, -0.2) is 4.79 Å². The summed E-state index contributed by atoms with van der Waals surface area (Å²) in [6, 6.07) is 16.4. The van der Waals surface area contributed by atoms with E-state index in [9.17, 15) is 19.5 Å². The van der Waals surface area contributed by atoms with Crippen LogP contribution >= 0.6 is 0 Å². The third-order valence-corrected chi connectivity index (χ3v) is 7.02. The predicted molar refractivity (Wildman–Crippen MR) is 123 cm³/mol. The number of ether oxygens (including phenoxy) is 2. The van der Waals surface area contributed by atoms with Crippen LogP contribution in [-0.4, -0.2) is 67.4 Å². The van der Waals surface area contributed by atoms with Crippen LogP contribution in [0.4, 0.5) is 4.79 Å². The van der Waals surface area contributed by atoms with Crippen LogP contribution in [0.2, 0.25) is 0 Å². The molecule has 2 fully saturated rings. The number of alkyl carbamates (subject to hydrolysis) is 1. The maximum absolute atomic E-state index is 12.8. The first-order valence-electron chi connectivity index (χ1n) is 11.7. The Labute approximate surface area is 197 Å². The highest BCUT2D eigenvalue weighted by Gasteiger charge is 2.45. The van der Waals surface area contributed by atoms with Crippen LogP contribution in [0.15, 0.2) is 48.5 Å². The predicted octanol–water partition coefficient (Wildman–Crippen LogP) is 2.72. The normalized spacial score (nSPS) is 23.4. The van der Waals surface area contributed by atoms with E-state index in [1.54, 1.807) is 4.90 Å². The maximum atomic E-state index is 12.8. The Balaban J connectivity index is 1.11. The summed E-state index contributed by atoms with van der Waals surface area (Å²) >= 11 is 0. The van der Waals surface area contributed by atoms with Crippen LogP contribution in [0.1, 0.15) is 23.5 Å². The highest BCUT2D eigenvalue weighted by molar-refractivity contribution is 5.83. The summed E-state index contributed by atoms with van der Waals surface area (Å²) in [6.45, 7) is 1.63. The minimum absolute atomic E-state index is 0.000776. The van der Waals surface area contributed by atoms with Crippen LogP contribution < -0.4 is 5.32 Å². The number of carbonyl (C=O) groups is 3. The van der Waals surface area contributed by atoms with E-state index in [-0.39, 0.29) is 43.4 Å². The molecule has 3 atom stereocenters. The number of carbonyl (C=O) groups excluding carboxylic acids is 2. The number of amides is 2. The molecule has 8 nitrogen and oxygen atoms in total. The van der Waals surface area contributed by atoms with Crippen LogP contribution in [0.3, 0.4) is 0 Å². The molecular formula is C26H28N2O6. The second-order valence-corrected chi connectivity index (χ2v) is 9.20. The number of nitrogens with zero attached hydrogens (tertiary/aromatic N) is 1. The van der Waals surface area contributed by atoms with Crippen LogP contribution in [0.25, 0.3) is 11.1 Å².